The van der Waals surface area contributed by atoms with Crippen LogP contribution in [0.25, 0.3) is 16.9 Å². The molecule has 1 N–H and O–H groups in total. The van der Waals surface area contributed by atoms with Gasteiger partial charge in [0, 0.05) is 23.7 Å². The Morgan fingerprint density at radius 2 is 1.94 bits per heavy atom. The molecule has 7 nitrogen and oxygen atoms in total. The second-order valence-electron chi connectivity index (χ2n) is 7.87. The molecule has 1 aliphatic heterocycles. The van der Waals surface area contributed by atoms with E-state index in [2.05, 4.69) is 10.1 Å². The van der Waals surface area contributed by atoms with E-state index in [1.807, 2.05) is 24.3 Å². The fourth-order valence-electron chi connectivity index (χ4n) is 3.99. The van der Waals surface area contributed by atoms with Crippen molar-refractivity contribution in [3.63, 3.8) is 0 Å². The number of aromatic amines is 1. The fraction of sp³-hybridized carbons (Fsp3) is 0.208. The van der Waals surface area contributed by atoms with E-state index in [0.29, 0.717) is 35.4 Å². The van der Waals surface area contributed by atoms with Gasteiger partial charge in [0.05, 0.1) is 25.0 Å². The molecule has 0 saturated carbocycles. The summed E-state index contributed by atoms with van der Waals surface area (Å²) in [6.07, 6.45) is 0.390. The number of nitrogens with zero attached hydrogens (tertiary/aromatic N) is 3. The minimum Gasteiger partial charge on any atom is -0.497 e. The minimum absolute atomic E-state index is 0.168. The van der Waals surface area contributed by atoms with Gasteiger partial charge in [0.15, 0.2) is 5.65 Å². The summed E-state index contributed by atoms with van der Waals surface area (Å²) >= 11 is 0. The number of hydrogen-bond donors (Lipinski definition) is 1. The summed E-state index contributed by atoms with van der Waals surface area (Å²) in [4.78, 5) is 32.2. The van der Waals surface area contributed by atoms with Gasteiger partial charge >= 0.3 is 0 Å². The summed E-state index contributed by atoms with van der Waals surface area (Å²) in [6.45, 7) is 2.23. The number of nitrogens with one attached hydrogen (secondary N) is 1. The Hall–Kier alpha value is -3.94. The molecule has 0 bridgehead atoms. The average Bonchev–Trinajstić information content (AvgIpc) is 3.24. The summed E-state index contributed by atoms with van der Waals surface area (Å²) in [5.74, 6) is 0.0584. The number of hydrogen-bond acceptors (Lipinski definition) is 4. The molecule has 0 radical (unpaired) electrons. The standard InChI is InChI=1S/C24H21FN4O3/c1-14-3-4-16(11-19(14)25)23(30)28-10-9-18-21(13-28)26-22-12-20(27-29(22)24(18)31)15-5-7-17(32-2)8-6-15/h3-8,11-12,27H,9-10,13H2,1-2H3. The fourth-order valence-corrected chi connectivity index (χ4v) is 3.99. The zero-order chi connectivity index (χ0) is 22.4. The van der Waals surface area contributed by atoms with Crippen LogP contribution in [-0.4, -0.2) is 39.1 Å². The van der Waals surface area contributed by atoms with Crippen LogP contribution in [0.2, 0.25) is 0 Å². The van der Waals surface area contributed by atoms with Crippen LogP contribution in [0, 0.1) is 12.7 Å². The van der Waals surface area contributed by atoms with Crippen LogP contribution >= 0.6 is 0 Å². The van der Waals surface area contributed by atoms with Crippen molar-refractivity contribution in [3.8, 4) is 17.0 Å². The maximum atomic E-state index is 13.9. The first-order valence-corrected chi connectivity index (χ1v) is 10.3. The lowest BCUT2D eigenvalue weighted by Crippen LogP contribution is -2.39. The first-order chi connectivity index (χ1) is 15.4. The van der Waals surface area contributed by atoms with Crippen molar-refractivity contribution in [1.29, 1.82) is 0 Å². The number of aromatic nitrogens is 3. The largest absolute Gasteiger partial charge is 0.497 e. The van der Waals surface area contributed by atoms with Crippen molar-refractivity contribution < 1.29 is 13.9 Å². The number of rotatable bonds is 3. The van der Waals surface area contributed by atoms with Crippen molar-refractivity contribution in [1.82, 2.24) is 19.5 Å². The Bertz CT molecular complexity index is 1410. The number of halogens is 1. The van der Waals surface area contributed by atoms with Crippen LogP contribution in [0.5, 0.6) is 5.75 Å². The first-order valence-electron chi connectivity index (χ1n) is 10.3. The highest BCUT2D eigenvalue weighted by Crippen LogP contribution is 2.23. The zero-order valence-corrected chi connectivity index (χ0v) is 17.7. The Morgan fingerprint density at radius 3 is 2.66 bits per heavy atom. The lowest BCUT2D eigenvalue weighted by atomic mass is 10.0. The van der Waals surface area contributed by atoms with E-state index >= 15 is 0 Å². The third-order valence-electron chi connectivity index (χ3n) is 5.87. The quantitative estimate of drug-likeness (QED) is 0.539. The smallest absolute Gasteiger partial charge is 0.276 e. The highest BCUT2D eigenvalue weighted by Gasteiger charge is 2.26. The summed E-state index contributed by atoms with van der Waals surface area (Å²) in [5, 5.41) is 3.12. The Kier molecular flexibility index (Phi) is 4.77. The van der Waals surface area contributed by atoms with Crippen molar-refractivity contribution in [2.45, 2.75) is 19.9 Å². The van der Waals surface area contributed by atoms with Gasteiger partial charge < -0.3 is 9.64 Å². The number of methoxy groups -OCH3 is 1. The molecule has 4 aromatic rings. The zero-order valence-electron chi connectivity index (χ0n) is 17.7. The van der Waals surface area contributed by atoms with Crippen molar-refractivity contribution in [3.05, 3.63) is 87.1 Å². The molecule has 0 spiro atoms. The lowest BCUT2D eigenvalue weighted by Gasteiger charge is -2.27. The lowest BCUT2D eigenvalue weighted by molar-refractivity contribution is 0.0731. The molecule has 0 aliphatic carbocycles. The first kappa shape index (κ1) is 20.0. The van der Waals surface area contributed by atoms with Gasteiger partial charge in [-0.2, -0.15) is 0 Å². The van der Waals surface area contributed by atoms with E-state index in [4.69, 9.17) is 4.74 Å². The summed E-state index contributed by atoms with van der Waals surface area (Å²) in [5.41, 5.74) is 3.90. The third kappa shape index (κ3) is 3.33. The van der Waals surface area contributed by atoms with Gasteiger partial charge in [-0.05, 0) is 60.9 Å². The molecule has 2 aromatic heterocycles. The van der Waals surface area contributed by atoms with Gasteiger partial charge in [0.2, 0.25) is 0 Å². The van der Waals surface area contributed by atoms with E-state index < -0.39 is 5.82 Å². The number of fused-ring (bicyclic) bond motifs is 2. The van der Waals surface area contributed by atoms with E-state index in [1.165, 1.54) is 10.6 Å². The average molecular weight is 432 g/mol. The van der Waals surface area contributed by atoms with E-state index in [0.717, 1.165) is 17.0 Å². The number of carbonyl (C=O) groups excluding carboxylic acids is 1. The molecular formula is C24H21FN4O3. The summed E-state index contributed by atoms with van der Waals surface area (Å²) in [7, 11) is 1.61. The van der Waals surface area contributed by atoms with E-state index in [-0.39, 0.29) is 23.6 Å². The predicted molar refractivity (Wildman–Crippen MR) is 117 cm³/mol. The van der Waals surface area contributed by atoms with E-state index in [9.17, 15) is 14.0 Å². The molecule has 1 aliphatic rings. The maximum absolute atomic E-state index is 13.9. The van der Waals surface area contributed by atoms with Crippen LogP contribution in [-0.2, 0) is 13.0 Å². The number of H-pyrrole nitrogens is 1. The third-order valence-corrected chi connectivity index (χ3v) is 5.87. The van der Waals surface area contributed by atoms with Crippen LogP contribution in [0.15, 0.2) is 53.3 Å². The second-order valence-corrected chi connectivity index (χ2v) is 7.87. The molecule has 0 atom stereocenters. The molecular weight excluding hydrogens is 411 g/mol. The van der Waals surface area contributed by atoms with Gasteiger partial charge in [0.1, 0.15) is 11.6 Å². The van der Waals surface area contributed by atoms with Gasteiger partial charge in [0.25, 0.3) is 11.5 Å². The monoisotopic (exact) mass is 432 g/mol. The second kappa shape index (κ2) is 7.64. The Balaban J connectivity index is 1.48. The molecule has 0 saturated heterocycles. The summed E-state index contributed by atoms with van der Waals surface area (Å²) in [6, 6.07) is 13.8. The Labute approximate surface area is 183 Å². The van der Waals surface area contributed by atoms with Crippen molar-refractivity contribution >= 4 is 11.6 Å². The van der Waals surface area contributed by atoms with Crippen molar-refractivity contribution in [2.24, 2.45) is 0 Å². The number of carbonyl (C=O) groups is 1. The molecule has 0 unspecified atom stereocenters. The number of ether oxygens (including phenoxy) is 1. The Morgan fingerprint density at radius 1 is 1.16 bits per heavy atom. The molecule has 5 rings (SSSR count). The SMILES string of the molecule is COc1ccc(-c2cc3nc4c(c(=O)n3[nH]2)CCN(C(=O)c2ccc(C)c(F)c2)C4)cc1. The molecule has 162 valence electrons. The molecule has 8 heteroatoms. The van der Waals surface area contributed by atoms with Crippen molar-refractivity contribution in [2.75, 3.05) is 13.7 Å². The van der Waals surface area contributed by atoms with Crippen LogP contribution in [0.1, 0.15) is 27.2 Å². The number of aryl methyl sites for hydroxylation is 1. The molecule has 2 aromatic carbocycles. The van der Waals surface area contributed by atoms with Gasteiger partial charge in [-0.1, -0.05) is 6.07 Å². The van der Waals surface area contributed by atoms with E-state index in [1.54, 1.807) is 37.1 Å². The highest BCUT2D eigenvalue weighted by molar-refractivity contribution is 5.94. The van der Waals surface area contributed by atoms with Gasteiger partial charge in [-0.25, -0.2) is 13.9 Å². The number of amides is 1. The summed E-state index contributed by atoms with van der Waals surface area (Å²) < 4.78 is 20.5. The molecule has 1 amide bonds. The molecule has 0 fully saturated rings. The van der Waals surface area contributed by atoms with Gasteiger partial charge in [-0.15, -0.1) is 0 Å². The predicted octanol–water partition coefficient (Wildman–Crippen LogP) is 3.34. The van der Waals surface area contributed by atoms with Crippen LogP contribution in [0.3, 0.4) is 0 Å². The normalized spacial score (nSPS) is 13.3. The topological polar surface area (TPSA) is 79.7 Å². The highest BCUT2D eigenvalue weighted by atomic mass is 19.1. The minimum atomic E-state index is -0.412. The molecule has 3 heterocycles. The number of benzene rings is 2. The van der Waals surface area contributed by atoms with Crippen LogP contribution < -0.4 is 10.3 Å². The maximum Gasteiger partial charge on any atom is 0.276 e. The van der Waals surface area contributed by atoms with Gasteiger partial charge in [-0.3, -0.25) is 14.7 Å². The van der Waals surface area contributed by atoms with Crippen LogP contribution in [0.4, 0.5) is 4.39 Å². The molecule has 32 heavy (non-hydrogen) atoms.